The molecular weight excluding hydrogens is 445 g/mol. The highest BCUT2D eigenvalue weighted by atomic mass is 32.1. The quantitative estimate of drug-likeness (QED) is 0.460. The Hall–Kier alpha value is -3.28. The SMILES string of the molecule is CC(Cc1nsc(NC(=O)c2cc(-c3cccc(OC(F)(F)F)c3)oc2C)n1)=C(F)F. The molecule has 12 heteroatoms. The molecule has 0 aliphatic heterocycles. The van der Waals surface area contributed by atoms with E-state index in [1.54, 1.807) is 0 Å². The fraction of sp³-hybridized carbons (Fsp3) is 0.211. The van der Waals surface area contributed by atoms with Gasteiger partial charge in [0, 0.05) is 23.5 Å². The van der Waals surface area contributed by atoms with Crippen molar-refractivity contribution in [1.29, 1.82) is 0 Å². The van der Waals surface area contributed by atoms with Gasteiger partial charge in [0.1, 0.15) is 23.1 Å². The van der Waals surface area contributed by atoms with Gasteiger partial charge >= 0.3 is 6.36 Å². The number of nitrogens with one attached hydrogen (secondary N) is 1. The topological polar surface area (TPSA) is 77.2 Å². The number of anilines is 1. The summed E-state index contributed by atoms with van der Waals surface area (Å²) in [5.41, 5.74) is 0.222. The molecule has 0 unspecified atom stereocenters. The Morgan fingerprint density at radius 1 is 1.26 bits per heavy atom. The Balaban J connectivity index is 1.76. The maximum absolute atomic E-state index is 12.5. The summed E-state index contributed by atoms with van der Waals surface area (Å²) in [5.74, 6) is -0.510. The molecule has 0 saturated heterocycles. The minimum atomic E-state index is -4.84. The molecule has 1 aromatic carbocycles. The fourth-order valence-corrected chi connectivity index (χ4v) is 3.12. The van der Waals surface area contributed by atoms with E-state index < -0.39 is 24.1 Å². The standard InChI is InChI=1S/C19H14F5N3O3S/c1-9(16(20)21)6-15-25-18(31-27-15)26-17(28)13-8-14(29-10(13)2)11-4-3-5-12(7-11)30-19(22,23)24/h3-5,7-8H,6H2,1-2H3,(H,25,26,27,28). The molecule has 1 amide bonds. The van der Waals surface area contributed by atoms with Gasteiger partial charge in [-0.25, -0.2) is 4.98 Å². The number of furan rings is 1. The summed E-state index contributed by atoms with van der Waals surface area (Å²) in [6.07, 6.45) is -6.81. The monoisotopic (exact) mass is 459 g/mol. The number of rotatable bonds is 6. The molecule has 0 atom stereocenters. The van der Waals surface area contributed by atoms with E-state index in [2.05, 4.69) is 19.4 Å². The summed E-state index contributed by atoms with van der Waals surface area (Å²) in [6.45, 7) is 2.76. The molecule has 2 heterocycles. The van der Waals surface area contributed by atoms with Crippen LogP contribution in [0.25, 0.3) is 11.3 Å². The number of hydrogen-bond donors (Lipinski definition) is 1. The Bertz CT molecular complexity index is 1130. The van der Waals surface area contributed by atoms with Gasteiger partial charge in [0.15, 0.2) is 0 Å². The fourth-order valence-electron chi connectivity index (χ4n) is 2.54. The molecule has 0 fully saturated rings. The van der Waals surface area contributed by atoms with Crippen LogP contribution in [0.5, 0.6) is 5.75 Å². The van der Waals surface area contributed by atoms with Gasteiger partial charge < -0.3 is 9.15 Å². The van der Waals surface area contributed by atoms with Crippen LogP contribution in [-0.2, 0) is 6.42 Å². The van der Waals surface area contributed by atoms with Crippen molar-refractivity contribution in [2.45, 2.75) is 26.6 Å². The molecule has 6 nitrogen and oxygen atoms in total. The first kappa shape index (κ1) is 22.4. The number of amides is 1. The van der Waals surface area contributed by atoms with E-state index in [4.69, 9.17) is 4.42 Å². The molecule has 0 aliphatic carbocycles. The van der Waals surface area contributed by atoms with Gasteiger partial charge in [0.05, 0.1) is 5.56 Å². The summed E-state index contributed by atoms with van der Waals surface area (Å²) in [7, 11) is 0. The third-order valence-corrected chi connectivity index (χ3v) is 4.62. The molecule has 0 spiro atoms. The van der Waals surface area contributed by atoms with Crippen molar-refractivity contribution in [2.24, 2.45) is 0 Å². The molecular formula is C19H14F5N3O3S. The molecule has 0 bridgehead atoms. The largest absolute Gasteiger partial charge is 0.573 e. The van der Waals surface area contributed by atoms with Gasteiger partial charge in [-0.2, -0.15) is 13.2 Å². The molecule has 31 heavy (non-hydrogen) atoms. The van der Waals surface area contributed by atoms with E-state index in [1.807, 2.05) is 0 Å². The Morgan fingerprint density at radius 2 is 2.00 bits per heavy atom. The van der Waals surface area contributed by atoms with Gasteiger partial charge in [-0.15, -0.1) is 13.2 Å². The van der Waals surface area contributed by atoms with Crippen LogP contribution in [0.15, 0.2) is 46.4 Å². The van der Waals surface area contributed by atoms with E-state index in [0.717, 1.165) is 23.7 Å². The van der Waals surface area contributed by atoms with E-state index >= 15 is 0 Å². The summed E-state index contributed by atoms with van der Waals surface area (Å²) in [5, 5.41) is 2.60. The number of alkyl halides is 3. The number of nitrogens with zero attached hydrogens (tertiary/aromatic N) is 2. The highest BCUT2D eigenvalue weighted by Crippen LogP contribution is 2.31. The van der Waals surface area contributed by atoms with E-state index in [1.165, 1.54) is 32.0 Å². The lowest BCUT2D eigenvalue weighted by Gasteiger charge is -2.09. The second-order valence-electron chi connectivity index (χ2n) is 6.34. The van der Waals surface area contributed by atoms with Crippen LogP contribution in [0.2, 0.25) is 0 Å². The summed E-state index contributed by atoms with van der Waals surface area (Å²) >= 11 is 0.828. The van der Waals surface area contributed by atoms with Crippen molar-refractivity contribution in [3.8, 4) is 17.1 Å². The normalized spacial score (nSPS) is 11.3. The van der Waals surface area contributed by atoms with Crippen LogP contribution < -0.4 is 10.1 Å². The molecule has 0 saturated carbocycles. The minimum absolute atomic E-state index is 0.106. The number of carbonyl (C=O) groups is 1. The van der Waals surface area contributed by atoms with Gasteiger partial charge in [0.2, 0.25) is 5.13 Å². The van der Waals surface area contributed by atoms with Crippen LogP contribution in [-0.4, -0.2) is 21.6 Å². The van der Waals surface area contributed by atoms with Crippen molar-refractivity contribution in [1.82, 2.24) is 9.36 Å². The molecule has 164 valence electrons. The zero-order valence-corrected chi connectivity index (χ0v) is 16.8. The number of allylic oxidation sites excluding steroid dienone is 1. The Morgan fingerprint density at radius 3 is 2.68 bits per heavy atom. The Kier molecular flexibility index (Phi) is 6.39. The first-order chi connectivity index (χ1) is 14.5. The first-order valence-electron chi connectivity index (χ1n) is 8.63. The number of hydrogen-bond acceptors (Lipinski definition) is 6. The third-order valence-electron chi connectivity index (χ3n) is 3.95. The van der Waals surface area contributed by atoms with Crippen molar-refractivity contribution < 1.29 is 35.9 Å². The lowest BCUT2D eigenvalue weighted by Crippen LogP contribution is -2.17. The zero-order valence-electron chi connectivity index (χ0n) is 16.0. The Labute approximate surface area is 176 Å². The number of halogens is 5. The average Bonchev–Trinajstić information content (AvgIpc) is 3.26. The molecule has 0 radical (unpaired) electrons. The highest BCUT2D eigenvalue weighted by Gasteiger charge is 2.31. The van der Waals surface area contributed by atoms with Crippen LogP contribution in [0.4, 0.5) is 27.1 Å². The zero-order chi connectivity index (χ0) is 22.8. The number of aryl methyl sites for hydroxylation is 1. The molecule has 1 N–H and O–H groups in total. The number of aromatic nitrogens is 2. The summed E-state index contributed by atoms with van der Waals surface area (Å²) in [6, 6.07) is 6.49. The van der Waals surface area contributed by atoms with Gasteiger partial charge in [-0.1, -0.05) is 12.1 Å². The summed E-state index contributed by atoms with van der Waals surface area (Å²) < 4.78 is 75.6. The van der Waals surface area contributed by atoms with Crippen molar-refractivity contribution in [3.63, 3.8) is 0 Å². The number of ether oxygens (including phenoxy) is 1. The number of benzene rings is 1. The second-order valence-corrected chi connectivity index (χ2v) is 7.10. The van der Waals surface area contributed by atoms with Crippen molar-refractivity contribution >= 4 is 22.6 Å². The van der Waals surface area contributed by atoms with Crippen LogP contribution in [0, 0.1) is 6.92 Å². The predicted octanol–water partition coefficient (Wildman–Crippen LogP) is 5.97. The van der Waals surface area contributed by atoms with Crippen molar-refractivity contribution in [2.75, 3.05) is 5.32 Å². The second kappa shape index (κ2) is 8.84. The van der Waals surface area contributed by atoms with E-state index in [-0.39, 0.29) is 45.6 Å². The molecule has 2 aromatic heterocycles. The van der Waals surface area contributed by atoms with Gasteiger partial charge in [-0.05, 0) is 37.6 Å². The summed E-state index contributed by atoms with van der Waals surface area (Å²) in [4.78, 5) is 16.5. The molecule has 3 aromatic rings. The third kappa shape index (κ3) is 5.87. The van der Waals surface area contributed by atoms with Gasteiger partial charge in [0.25, 0.3) is 12.0 Å². The highest BCUT2D eigenvalue weighted by molar-refractivity contribution is 7.09. The smallest absolute Gasteiger partial charge is 0.461 e. The van der Waals surface area contributed by atoms with Crippen LogP contribution >= 0.6 is 11.5 Å². The van der Waals surface area contributed by atoms with E-state index in [9.17, 15) is 26.7 Å². The number of carbonyl (C=O) groups excluding carboxylic acids is 1. The maximum Gasteiger partial charge on any atom is 0.573 e. The first-order valence-corrected chi connectivity index (χ1v) is 9.40. The predicted molar refractivity (Wildman–Crippen MR) is 102 cm³/mol. The maximum atomic E-state index is 12.5. The molecule has 0 aliphatic rings. The minimum Gasteiger partial charge on any atom is -0.461 e. The van der Waals surface area contributed by atoms with Crippen LogP contribution in [0.3, 0.4) is 0 Å². The van der Waals surface area contributed by atoms with E-state index in [0.29, 0.717) is 0 Å². The van der Waals surface area contributed by atoms with Gasteiger partial charge in [-0.3, -0.25) is 10.1 Å². The molecule has 3 rings (SSSR count). The average molecular weight is 459 g/mol. The van der Waals surface area contributed by atoms with Crippen LogP contribution in [0.1, 0.15) is 28.9 Å². The van der Waals surface area contributed by atoms with Crippen molar-refractivity contribution in [3.05, 3.63) is 59.1 Å². The lowest BCUT2D eigenvalue weighted by molar-refractivity contribution is -0.274. The lowest BCUT2D eigenvalue weighted by atomic mass is 10.1.